The van der Waals surface area contributed by atoms with Crippen LogP contribution >= 0.6 is 0 Å². The van der Waals surface area contributed by atoms with E-state index < -0.39 is 11.8 Å². The lowest BCUT2D eigenvalue weighted by molar-refractivity contribution is -0.132. The first-order chi connectivity index (χ1) is 12.4. The highest BCUT2D eigenvalue weighted by atomic mass is 16.2. The summed E-state index contributed by atoms with van der Waals surface area (Å²) in [5, 5.41) is 5.24. The van der Waals surface area contributed by atoms with Gasteiger partial charge in [0.05, 0.1) is 0 Å². The molecule has 0 saturated heterocycles. The lowest BCUT2D eigenvalue weighted by Crippen LogP contribution is -2.29. The van der Waals surface area contributed by atoms with Gasteiger partial charge in [-0.2, -0.15) is 0 Å². The average molecular weight is 354 g/mol. The summed E-state index contributed by atoms with van der Waals surface area (Å²) in [5.74, 6) is -1.40. The number of nitrogens with one attached hydrogen (secondary N) is 2. The molecule has 0 bridgehead atoms. The molecule has 0 atom stereocenters. The van der Waals surface area contributed by atoms with Crippen molar-refractivity contribution in [3.8, 4) is 0 Å². The van der Waals surface area contributed by atoms with Crippen molar-refractivity contribution >= 4 is 34.6 Å². The van der Waals surface area contributed by atoms with E-state index in [9.17, 15) is 9.59 Å². The van der Waals surface area contributed by atoms with Gasteiger partial charge in [-0.3, -0.25) is 9.59 Å². The Morgan fingerprint density at radius 2 is 1.38 bits per heavy atom. The van der Waals surface area contributed by atoms with E-state index in [-0.39, 0.29) is 0 Å². The monoisotopic (exact) mass is 354 g/mol. The molecule has 0 unspecified atom stereocenters. The summed E-state index contributed by atoms with van der Waals surface area (Å²) in [6.45, 7) is 6.01. The summed E-state index contributed by atoms with van der Waals surface area (Å²) in [6.07, 6.45) is 0. The highest BCUT2D eigenvalue weighted by Gasteiger charge is 2.14. The van der Waals surface area contributed by atoms with Crippen LogP contribution in [0.25, 0.3) is 0 Å². The number of hydrogen-bond donors (Lipinski definition) is 2. The molecule has 0 spiro atoms. The lowest BCUT2D eigenvalue weighted by Gasteiger charge is -2.21. The quantitative estimate of drug-likeness (QED) is 0.782. The van der Waals surface area contributed by atoms with Crippen molar-refractivity contribution in [1.29, 1.82) is 0 Å². The summed E-state index contributed by atoms with van der Waals surface area (Å²) in [4.78, 5) is 28.4. The molecule has 0 aliphatic carbocycles. The first-order valence-electron chi connectivity index (χ1n) is 8.69. The van der Waals surface area contributed by atoms with Crippen molar-refractivity contribution in [2.24, 2.45) is 0 Å². The molecule has 2 rings (SSSR count). The topological polar surface area (TPSA) is 64.7 Å². The molecule has 26 heavy (non-hydrogen) atoms. The molecule has 2 amide bonds. The first-order valence-corrected chi connectivity index (χ1v) is 8.69. The van der Waals surface area contributed by atoms with Crippen LogP contribution in [0.1, 0.15) is 13.8 Å². The third-order valence-corrected chi connectivity index (χ3v) is 4.08. The van der Waals surface area contributed by atoms with Crippen LogP contribution in [0, 0.1) is 0 Å². The molecular formula is C20H26N4O2. The molecule has 0 radical (unpaired) electrons. The van der Waals surface area contributed by atoms with Crippen LogP contribution in [-0.2, 0) is 9.59 Å². The Kier molecular flexibility index (Phi) is 6.60. The molecular weight excluding hydrogens is 328 g/mol. The Morgan fingerprint density at radius 1 is 0.808 bits per heavy atom. The number of benzene rings is 2. The number of rotatable bonds is 6. The maximum Gasteiger partial charge on any atom is 0.314 e. The molecule has 0 aromatic heterocycles. The zero-order chi connectivity index (χ0) is 19.1. The van der Waals surface area contributed by atoms with Gasteiger partial charge in [-0.1, -0.05) is 6.07 Å². The van der Waals surface area contributed by atoms with E-state index in [4.69, 9.17) is 0 Å². The van der Waals surface area contributed by atoms with Crippen LogP contribution in [0.4, 0.5) is 22.7 Å². The maximum atomic E-state index is 12.1. The number of hydrogen-bond acceptors (Lipinski definition) is 4. The van der Waals surface area contributed by atoms with E-state index >= 15 is 0 Å². The zero-order valence-corrected chi connectivity index (χ0v) is 15.7. The standard InChI is InChI=1S/C20H26N4O2/c1-5-24(6-2)17-12-10-15(11-13-17)21-19(25)20(26)22-16-8-7-9-18(14-16)23(3)4/h7-14H,5-6H2,1-4H3,(H,21,25)(H,22,26). The highest BCUT2D eigenvalue weighted by molar-refractivity contribution is 6.43. The second-order valence-corrected chi connectivity index (χ2v) is 6.07. The van der Waals surface area contributed by atoms with E-state index in [2.05, 4.69) is 29.4 Å². The Bertz CT molecular complexity index is 753. The molecule has 0 heterocycles. The fourth-order valence-corrected chi connectivity index (χ4v) is 2.58. The van der Waals surface area contributed by atoms with E-state index in [1.54, 1.807) is 18.2 Å². The van der Waals surface area contributed by atoms with Gasteiger partial charge in [-0.15, -0.1) is 0 Å². The van der Waals surface area contributed by atoms with Gasteiger partial charge >= 0.3 is 11.8 Å². The van der Waals surface area contributed by atoms with Gasteiger partial charge < -0.3 is 20.4 Å². The first kappa shape index (κ1) is 19.3. The minimum Gasteiger partial charge on any atom is -0.378 e. The molecule has 0 aliphatic rings. The fourth-order valence-electron chi connectivity index (χ4n) is 2.58. The minimum absolute atomic E-state index is 0.577. The second kappa shape index (κ2) is 8.89. The van der Waals surface area contributed by atoms with Crippen molar-refractivity contribution < 1.29 is 9.59 Å². The minimum atomic E-state index is -0.700. The summed E-state index contributed by atoms with van der Waals surface area (Å²) in [7, 11) is 3.82. The van der Waals surface area contributed by atoms with E-state index in [1.807, 2.05) is 49.3 Å². The summed E-state index contributed by atoms with van der Waals surface area (Å²) >= 11 is 0. The Labute approximate surface area is 154 Å². The van der Waals surface area contributed by atoms with Gasteiger partial charge in [0, 0.05) is 49.9 Å². The lowest BCUT2D eigenvalue weighted by atomic mass is 10.2. The molecule has 2 aromatic rings. The van der Waals surface area contributed by atoms with Gasteiger partial charge in [0.25, 0.3) is 0 Å². The van der Waals surface area contributed by atoms with Gasteiger partial charge in [-0.05, 0) is 56.3 Å². The third-order valence-electron chi connectivity index (χ3n) is 4.08. The summed E-state index contributed by atoms with van der Waals surface area (Å²) in [6, 6.07) is 14.8. The average Bonchev–Trinajstić information content (AvgIpc) is 2.64. The van der Waals surface area contributed by atoms with Crippen molar-refractivity contribution in [3.05, 3.63) is 48.5 Å². The van der Waals surface area contributed by atoms with Gasteiger partial charge in [0.15, 0.2) is 0 Å². The largest absolute Gasteiger partial charge is 0.378 e. The van der Waals surface area contributed by atoms with Crippen LogP contribution in [0.2, 0.25) is 0 Å². The van der Waals surface area contributed by atoms with Crippen LogP contribution in [0.5, 0.6) is 0 Å². The molecule has 0 saturated carbocycles. The summed E-state index contributed by atoms with van der Waals surface area (Å²) in [5.41, 5.74) is 3.18. The van der Waals surface area contributed by atoms with Crippen molar-refractivity contribution in [3.63, 3.8) is 0 Å². The second-order valence-electron chi connectivity index (χ2n) is 6.07. The smallest absolute Gasteiger partial charge is 0.314 e. The van der Waals surface area contributed by atoms with Crippen LogP contribution in [0.3, 0.4) is 0 Å². The molecule has 6 heteroatoms. The van der Waals surface area contributed by atoms with Crippen LogP contribution in [0.15, 0.2) is 48.5 Å². The van der Waals surface area contributed by atoms with E-state index in [0.717, 1.165) is 24.5 Å². The van der Waals surface area contributed by atoms with Gasteiger partial charge in [0.1, 0.15) is 0 Å². The Morgan fingerprint density at radius 3 is 1.92 bits per heavy atom. The molecule has 0 fully saturated rings. The zero-order valence-electron chi connectivity index (χ0n) is 15.7. The van der Waals surface area contributed by atoms with Gasteiger partial charge in [0.2, 0.25) is 0 Å². The molecule has 0 aliphatic heterocycles. The molecule has 138 valence electrons. The number of anilines is 4. The highest BCUT2D eigenvalue weighted by Crippen LogP contribution is 2.19. The maximum absolute atomic E-state index is 12.1. The molecule has 6 nitrogen and oxygen atoms in total. The van der Waals surface area contributed by atoms with E-state index in [1.165, 1.54) is 0 Å². The third kappa shape index (κ3) is 4.99. The van der Waals surface area contributed by atoms with Crippen molar-refractivity contribution in [2.75, 3.05) is 47.6 Å². The number of carbonyl (C=O) groups is 2. The predicted molar refractivity (Wildman–Crippen MR) is 108 cm³/mol. The fraction of sp³-hybridized carbons (Fsp3) is 0.300. The van der Waals surface area contributed by atoms with E-state index in [0.29, 0.717) is 11.4 Å². The van der Waals surface area contributed by atoms with Crippen LogP contribution < -0.4 is 20.4 Å². The van der Waals surface area contributed by atoms with Crippen LogP contribution in [-0.4, -0.2) is 39.0 Å². The summed E-state index contributed by atoms with van der Waals surface area (Å²) < 4.78 is 0. The Balaban J connectivity index is 1.98. The number of amides is 2. The van der Waals surface area contributed by atoms with Crippen molar-refractivity contribution in [1.82, 2.24) is 0 Å². The number of carbonyl (C=O) groups excluding carboxylic acids is 2. The predicted octanol–water partition coefficient (Wildman–Crippen LogP) is 3.18. The van der Waals surface area contributed by atoms with Crippen molar-refractivity contribution in [2.45, 2.75) is 13.8 Å². The molecule has 2 aromatic carbocycles. The Hall–Kier alpha value is -3.02. The molecule has 2 N–H and O–H groups in total. The number of nitrogens with zero attached hydrogens (tertiary/aromatic N) is 2. The van der Waals surface area contributed by atoms with Gasteiger partial charge in [-0.25, -0.2) is 0 Å². The normalized spacial score (nSPS) is 10.2. The SMILES string of the molecule is CCN(CC)c1ccc(NC(=O)C(=O)Nc2cccc(N(C)C)c2)cc1.